The molecule has 1 aliphatic rings. The van der Waals surface area contributed by atoms with E-state index in [0.29, 0.717) is 19.4 Å². The average Bonchev–Trinajstić information content (AvgIpc) is 3.12. The fourth-order valence-electron chi connectivity index (χ4n) is 4.27. The third-order valence-electron chi connectivity index (χ3n) is 5.74. The summed E-state index contributed by atoms with van der Waals surface area (Å²) in [6.45, 7) is 4.90. The number of hydrogen-bond donors (Lipinski definition) is 1. The molecule has 0 unspecified atom stereocenters. The number of carbonyl (C=O) groups excluding carboxylic acids is 1. The average molecular weight is 423 g/mol. The maximum absolute atomic E-state index is 13.6. The van der Waals surface area contributed by atoms with Gasteiger partial charge >= 0.3 is 5.97 Å². The van der Waals surface area contributed by atoms with Gasteiger partial charge < -0.3 is 14.4 Å². The fraction of sp³-hybridized carbons (Fsp3) is 0.360. The summed E-state index contributed by atoms with van der Waals surface area (Å²) < 4.78 is 21.3. The third-order valence-corrected chi connectivity index (χ3v) is 5.74. The Kier molecular flexibility index (Phi) is 6.18. The van der Waals surface area contributed by atoms with Crippen LogP contribution in [0.3, 0.4) is 0 Å². The number of hydrogen-bond acceptors (Lipinski definition) is 4. The van der Waals surface area contributed by atoms with Gasteiger partial charge in [0.2, 0.25) is 0 Å². The summed E-state index contributed by atoms with van der Waals surface area (Å²) in [6.07, 6.45) is 3.67. The molecule has 6 heteroatoms. The van der Waals surface area contributed by atoms with Crippen LogP contribution in [0.15, 0.2) is 54.9 Å². The van der Waals surface area contributed by atoms with E-state index in [1.165, 1.54) is 12.1 Å². The van der Waals surface area contributed by atoms with Gasteiger partial charge in [-0.25, -0.2) is 4.39 Å². The summed E-state index contributed by atoms with van der Waals surface area (Å²) in [6, 6.07) is 12.6. The van der Waals surface area contributed by atoms with Crippen LogP contribution in [-0.2, 0) is 16.1 Å². The smallest absolute Gasteiger partial charge is 0.308 e. The Morgan fingerprint density at radius 1 is 1.16 bits per heavy atom. The van der Waals surface area contributed by atoms with Crippen molar-refractivity contribution in [1.29, 1.82) is 0 Å². The van der Waals surface area contributed by atoms with Crippen LogP contribution in [0.4, 0.5) is 4.39 Å². The molecule has 0 bridgehead atoms. The Bertz CT molecular complexity index is 1040. The highest BCUT2D eigenvalue weighted by atomic mass is 19.1. The molecule has 1 aliphatic heterocycles. The summed E-state index contributed by atoms with van der Waals surface area (Å²) in [7, 11) is 0. The highest BCUT2D eigenvalue weighted by Crippen LogP contribution is 2.38. The first kappa shape index (κ1) is 21.2. The molecule has 5 nitrogen and oxygen atoms in total. The van der Waals surface area contributed by atoms with Crippen LogP contribution < -0.4 is 0 Å². The third kappa shape index (κ3) is 4.69. The van der Waals surface area contributed by atoms with E-state index in [1.54, 1.807) is 24.5 Å². The van der Waals surface area contributed by atoms with Gasteiger partial charge in [0.15, 0.2) is 0 Å². The SMILES string of the molecule is CC(C)c1cc(-c2ccncc2)c(-c2ccc(F)cc2)n1CC[C@H]1C[C@H](O)CC(=O)O1. The molecular formula is C25H27FN2O3. The molecule has 1 aromatic carbocycles. The zero-order valence-corrected chi connectivity index (χ0v) is 17.8. The van der Waals surface area contributed by atoms with Crippen molar-refractivity contribution >= 4 is 5.97 Å². The minimum Gasteiger partial charge on any atom is -0.462 e. The normalized spacial score (nSPS) is 18.9. The van der Waals surface area contributed by atoms with Gasteiger partial charge in [0.05, 0.1) is 18.2 Å². The molecule has 2 atom stereocenters. The maximum atomic E-state index is 13.6. The van der Waals surface area contributed by atoms with Crippen LogP contribution in [0.5, 0.6) is 0 Å². The molecule has 0 spiro atoms. The van der Waals surface area contributed by atoms with Crippen molar-refractivity contribution in [3.8, 4) is 22.4 Å². The Hall–Kier alpha value is -2.99. The van der Waals surface area contributed by atoms with Gasteiger partial charge in [-0.1, -0.05) is 13.8 Å². The van der Waals surface area contributed by atoms with E-state index in [4.69, 9.17) is 4.74 Å². The lowest BCUT2D eigenvalue weighted by Gasteiger charge is -2.27. The summed E-state index contributed by atoms with van der Waals surface area (Å²) in [5.41, 5.74) is 5.15. The first-order valence-corrected chi connectivity index (χ1v) is 10.7. The monoisotopic (exact) mass is 422 g/mol. The van der Waals surface area contributed by atoms with Crippen molar-refractivity contribution < 1.29 is 19.0 Å². The van der Waals surface area contributed by atoms with Crippen LogP contribution in [0.2, 0.25) is 0 Å². The summed E-state index contributed by atoms with van der Waals surface area (Å²) in [4.78, 5) is 15.9. The number of aliphatic hydroxyl groups is 1. The van der Waals surface area contributed by atoms with Gasteiger partial charge in [0.25, 0.3) is 0 Å². The Balaban J connectivity index is 1.77. The molecule has 3 heterocycles. The fourth-order valence-corrected chi connectivity index (χ4v) is 4.27. The van der Waals surface area contributed by atoms with E-state index in [0.717, 1.165) is 28.1 Å². The van der Waals surface area contributed by atoms with E-state index in [9.17, 15) is 14.3 Å². The number of ether oxygens (including phenoxy) is 1. The minimum absolute atomic E-state index is 0.0598. The molecule has 31 heavy (non-hydrogen) atoms. The van der Waals surface area contributed by atoms with E-state index in [2.05, 4.69) is 29.5 Å². The summed E-state index contributed by atoms with van der Waals surface area (Å²) >= 11 is 0. The molecule has 0 radical (unpaired) electrons. The first-order chi connectivity index (χ1) is 14.9. The second kappa shape index (κ2) is 9.02. The lowest BCUT2D eigenvalue weighted by molar-refractivity contribution is -0.160. The van der Waals surface area contributed by atoms with E-state index in [1.807, 2.05) is 12.1 Å². The van der Waals surface area contributed by atoms with Crippen LogP contribution in [0, 0.1) is 5.82 Å². The standard InChI is InChI=1S/C25H27FN2O3/c1-16(2)23-15-22(17-7-10-27-11-8-17)25(18-3-5-19(26)6-4-18)28(23)12-9-21-13-20(29)14-24(30)31-21/h3-8,10-11,15-16,20-21,29H,9,12-14H2,1-2H3/t20-,21-/m0/s1. The zero-order chi connectivity index (χ0) is 22.0. The number of carbonyl (C=O) groups is 1. The number of pyridine rings is 1. The Morgan fingerprint density at radius 3 is 2.52 bits per heavy atom. The lowest BCUT2D eigenvalue weighted by atomic mass is 10.0. The molecule has 162 valence electrons. The van der Waals surface area contributed by atoms with Crippen molar-refractivity contribution in [3.05, 3.63) is 66.4 Å². The quantitative estimate of drug-likeness (QED) is 0.572. The predicted molar refractivity (Wildman–Crippen MR) is 117 cm³/mol. The van der Waals surface area contributed by atoms with Gasteiger partial charge in [-0.2, -0.15) is 0 Å². The number of esters is 1. The molecule has 0 aliphatic carbocycles. The van der Waals surface area contributed by atoms with E-state index >= 15 is 0 Å². The van der Waals surface area contributed by atoms with Crippen LogP contribution in [0.25, 0.3) is 22.4 Å². The molecule has 3 aromatic rings. The predicted octanol–water partition coefficient (Wildman–Crippen LogP) is 4.94. The van der Waals surface area contributed by atoms with Crippen molar-refractivity contribution in [2.75, 3.05) is 0 Å². The van der Waals surface area contributed by atoms with Crippen molar-refractivity contribution in [2.24, 2.45) is 0 Å². The van der Waals surface area contributed by atoms with Crippen LogP contribution in [-0.4, -0.2) is 32.8 Å². The Labute approximate surface area is 181 Å². The first-order valence-electron chi connectivity index (χ1n) is 10.7. The molecule has 1 fully saturated rings. The molecular weight excluding hydrogens is 395 g/mol. The van der Waals surface area contributed by atoms with Crippen molar-refractivity contribution in [2.45, 2.75) is 57.8 Å². The lowest BCUT2D eigenvalue weighted by Crippen LogP contribution is -2.33. The molecule has 2 aromatic heterocycles. The molecule has 1 N–H and O–H groups in total. The van der Waals surface area contributed by atoms with Crippen molar-refractivity contribution in [1.82, 2.24) is 9.55 Å². The molecule has 0 saturated carbocycles. The topological polar surface area (TPSA) is 64.3 Å². The summed E-state index contributed by atoms with van der Waals surface area (Å²) in [5, 5.41) is 9.95. The maximum Gasteiger partial charge on any atom is 0.308 e. The molecule has 0 amide bonds. The zero-order valence-electron chi connectivity index (χ0n) is 17.8. The second-order valence-electron chi connectivity index (χ2n) is 8.37. The number of nitrogens with zero attached hydrogens (tertiary/aromatic N) is 2. The number of aliphatic hydroxyl groups excluding tert-OH is 1. The van der Waals surface area contributed by atoms with Gasteiger partial charge in [-0.3, -0.25) is 9.78 Å². The molecule has 1 saturated heterocycles. The highest BCUT2D eigenvalue weighted by Gasteiger charge is 2.28. The number of aromatic nitrogens is 2. The largest absolute Gasteiger partial charge is 0.462 e. The number of rotatable bonds is 6. The second-order valence-corrected chi connectivity index (χ2v) is 8.37. The number of cyclic esters (lactones) is 1. The van der Waals surface area contributed by atoms with Gasteiger partial charge in [-0.05, 0) is 59.5 Å². The van der Waals surface area contributed by atoms with Crippen LogP contribution in [0.1, 0.15) is 44.7 Å². The number of benzene rings is 1. The van der Waals surface area contributed by atoms with Gasteiger partial charge in [-0.15, -0.1) is 0 Å². The van der Waals surface area contributed by atoms with Gasteiger partial charge in [0, 0.05) is 43.0 Å². The molecule has 4 rings (SSSR count). The minimum atomic E-state index is -0.649. The number of halogens is 1. The Morgan fingerprint density at radius 2 is 1.87 bits per heavy atom. The van der Waals surface area contributed by atoms with Gasteiger partial charge in [0.1, 0.15) is 11.9 Å². The summed E-state index contributed by atoms with van der Waals surface area (Å²) in [5.74, 6) is -0.370. The highest BCUT2D eigenvalue weighted by molar-refractivity contribution is 5.82. The van der Waals surface area contributed by atoms with E-state index < -0.39 is 6.10 Å². The van der Waals surface area contributed by atoms with Crippen molar-refractivity contribution in [3.63, 3.8) is 0 Å². The van der Waals surface area contributed by atoms with E-state index in [-0.39, 0.29) is 30.2 Å². The van der Waals surface area contributed by atoms with Crippen LogP contribution >= 0.6 is 0 Å².